The van der Waals surface area contributed by atoms with Crippen LogP contribution < -0.4 is 5.32 Å². The lowest BCUT2D eigenvalue weighted by Gasteiger charge is -2.13. The van der Waals surface area contributed by atoms with Gasteiger partial charge >= 0.3 is 0 Å². The third kappa shape index (κ3) is 3.58. The van der Waals surface area contributed by atoms with Gasteiger partial charge in [-0.25, -0.2) is 4.98 Å². The van der Waals surface area contributed by atoms with E-state index in [4.69, 9.17) is 0 Å². The lowest BCUT2D eigenvalue weighted by atomic mass is 9.98. The number of nitro benzene ring substituents is 1. The molecule has 0 atom stereocenters. The molecular formula is C15H19N3O2S. The molecule has 0 amide bonds. The Morgan fingerprint density at radius 2 is 2.10 bits per heavy atom. The average Bonchev–Trinajstić information content (AvgIpc) is 2.86. The fraction of sp³-hybridized carbons (Fsp3) is 0.400. The van der Waals surface area contributed by atoms with Gasteiger partial charge in [-0.15, -0.1) is 11.3 Å². The first kappa shape index (κ1) is 15.4. The molecule has 1 heterocycles. The number of nitro groups is 1. The smallest absolute Gasteiger partial charge is 0.274 e. The highest BCUT2D eigenvalue weighted by Gasteiger charge is 2.18. The van der Waals surface area contributed by atoms with Crippen molar-refractivity contribution in [1.82, 2.24) is 4.98 Å². The van der Waals surface area contributed by atoms with E-state index in [2.05, 4.69) is 31.1 Å². The number of aromatic nitrogens is 1. The predicted molar refractivity (Wildman–Crippen MR) is 86.0 cm³/mol. The molecule has 0 spiro atoms. The summed E-state index contributed by atoms with van der Waals surface area (Å²) in [7, 11) is 0. The van der Waals surface area contributed by atoms with Gasteiger partial charge in [0, 0.05) is 33.8 Å². The van der Waals surface area contributed by atoms with Crippen LogP contribution in [0.2, 0.25) is 0 Å². The van der Waals surface area contributed by atoms with E-state index in [-0.39, 0.29) is 16.0 Å². The normalized spacial score (nSPS) is 11.4. The molecule has 6 heteroatoms. The van der Waals surface area contributed by atoms with Crippen LogP contribution in [0.4, 0.5) is 11.4 Å². The van der Waals surface area contributed by atoms with Gasteiger partial charge < -0.3 is 5.32 Å². The molecule has 0 unspecified atom stereocenters. The van der Waals surface area contributed by atoms with Crippen molar-refractivity contribution in [1.29, 1.82) is 0 Å². The maximum atomic E-state index is 10.9. The molecule has 1 N–H and O–H groups in total. The predicted octanol–water partition coefficient (Wildman–Crippen LogP) is 4.27. The third-order valence-electron chi connectivity index (χ3n) is 3.15. The summed E-state index contributed by atoms with van der Waals surface area (Å²) in [5.74, 6) is 0. The molecule has 112 valence electrons. The molecule has 0 saturated heterocycles. The van der Waals surface area contributed by atoms with Crippen LogP contribution in [0.3, 0.4) is 0 Å². The summed E-state index contributed by atoms with van der Waals surface area (Å²) in [4.78, 5) is 16.1. The van der Waals surface area contributed by atoms with Gasteiger partial charge in [-0.3, -0.25) is 10.1 Å². The molecule has 0 aliphatic carbocycles. The van der Waals surface area contributed by atoms with E-state index in [1.54, 1.807) is 24.3 Å². The van der Waals surface area contributed by atoms with Crippen molar-refractivity contribution in [3.8, 4) is 0 Å². The second-order valence-corrected chi connectivity index (χ2v) is 7.06. The van der Waals surface area contributed by atoms with E-state index >= 15 is 0 Å². The molecule has 0 saturated carbocycles. The van der Waals surface area contributed by atoms with Crippen molar-refractivity contribution in [3.05, 3.63) is 50.0 Å². The highest BCUT2D eigenvalue weighted by Crippen LogP contribution is 2.29. The van der Waals surface area contributed by atoms with Gasteiger partial charge in [0.25, 0.3) is 5.69 Å². The zero-order valence-electron chi connectivity index (χ0n) is 12.6. The lowest BCUT2D eigenvalue weighted by molar-refractivity contribution is -0.385. The molecule has 2 rings (SSSR count). The molecule has 0 bridgehead atoms. The fourth-order valence-electron chi connectivity index (χ4n) is 1.93. The van der Waals surface area contributed by atoms with Crippen molar-refractivity contribution in [2.45, 2.75) is 39.7 Å². The zero-order valence-corrected chi connectivity index (χ0v) is 13.5. The van der Waals surface area contributed by atoms with E-state index in [1.165, 1.54) is 6.07 Å². The summed E-state index contributed by atoms with van der Waals surface area (Å²) in [6.07, 6.45) is 1.87. The van der Waals surface area contributed by atoms with E-state index in [0.29, 0.717) is 12.1 Å². The Morgan fingerprint density at radius 3 is 2.67 bits per heavy atom. The van der Waals surface area contributed by atoms with Crippen LogP contribution in [0.1, 0.15) is 36.2 Å². The average molecular weight is 305 g/mol. The van der Waals surface area contributed by atoms with Crippen LogP contribution in [-0.4, -0.2) is 9.91 Å². The highest BCUT2D eigenvalue weighted by atomic mass is 32.1. The molecular weight excluding hydrogens is 286 g/mol. The third-order valence-corrected chi connectivity index (χ3v) is 4.57. The quantitative estimate of drug-likeness (QED) is 0.676. The topological polar surface area (TPSA) is 68.1 Å². The van der Waals surface area contributed by atoms with Crippen LogP contribution >= 0.6 is 11.3 Å². The van der Waals surface area contributed by atoms with Gasteiger partial charge in [0.2, 0.25) is 0 Å². The van der Waals surface area contributed by atoms with Crippen molar-refractivity contribution < 1.29 is 4.92 Å². The number of hydrogen-bond donors (Lipinski definition) is 1. The van der Waals surface area contributed by atoms with Crippen LogP contribution in [0.5, 0.6) is 0 Å². The number of thiazole rings is 1. The fourth-order valence-corrected chi connectivity index (χ4v) is 2.84. The van der Waals surface area contributed by atoms with Gasteiger partial charge in [-0.2, -0.15) is 0 Å². The molecule has 0 aliphatic heterocycles. The maximum absolute atomic E-state index is 10.9. The Balaban J connectivity index is 2.12. The Morgan fingerprint density at radius 1 is 1.38 bits per heavy atom. The summed E-state index contributed by atoms with van der Waals surface area (Å²) in [6, 6.07) is 5.07. The SMILES string of the molecule is Cc1c(NCc2cnc(C(C)(C)C)s2)cccc1[N+](=O)[O-]. The molecule has 1 aromatic heterocycles. The van der Waals surface area contributed by atoms with Crippen LogP contribution in [-0.2, 0) is 12.0 Å². The zero-order chi connectivity index (χ0) is 15.6. The first-order chi connectivity index (χ1) is 9.79. The standard InChI is InChI=1S/C15H19N3O2S/c1-10-12(6-5-7-13(10)18(19)20)16-8-11-9-17-14(21-11)15(2,3)4/h5-7,9,16H,8H2,1-4H3. The minimum absolute atomic E-state index is 0.0460. The van der Waals surface area contributed by atoms with Crippen molar-refractivity contribution in [3.63, 3.8) is 0 Å². The van der Waals surface area contributed by atoms with Crippen LogP contribution in [0.15, 0.2) is 24.4 Å². The molecule has 5 nitrogen and oxygen atoms in total. The summed E-state index contributed by atoms with van der Waals surface area (Å²) in [6.45, 7) is 8.78. The van der Waals surface area contributed by atoms with E-state index in [0.717, 1.165) is 15.6 Å². The van der Waals surface area contributed by atoms with Gasteiger partial charge in [0.1, 0.15) is 0 Å². The monoisotopic (exact) mass is 305 g/mol. The number of anilines is 1. The second-order valence-electron chi connectivity index (χ2n) is 5.94. The summed E-state index contributed by atoms with van der Waals surface area (Å²) in [5.41, 5.74) is 1.63. The van der Waals surface area contributed by atoms with Crippen molar-refractivity contribution >= 4 is 22.7 Å². The number of rotatable bonds is 4. The Kier molecular flexibility index (Phi) is 4.27. The van der Waals surface area contributed by atoms with Gasteiger partial charge in [0.05, 0.1) is 16.5 Å². The maximum Gasteiger partial charge on any atom is 0.274 e. The number of hydrogen-bond acceptors (Lipinski definition) is 5. The summed E-state index contributed by atoms with van der Waals surface area (Å²) in [5, 5.41) is 15.3. The Labute approximate surface area is 128 Å². The minimum atomic E-state index is -0.356. The van der Waals surface area contributed by atoms with E-state index in [1.807, 2.05) is 12.3 Å². The van der Waals surface area contributed by atoms with Gasteiger partial charge in [-0.1, -0.05) is 26.8 Å². The minimum Gasteiger partial charge on any atom is -0.380 e. The van der Waals surface area contributed by atoms with Crippen LogP contribution in [0.25, 0.3) is 0 Å². The molecule has 0 aliphatic rings. The molecule has 1 aromatic carbocycles. The Bertz CT molecular complexity index is 659. The number of benzene rings is 1. The van der Waals surface area contributed by atoms with Crippen molar-refractivity contribution in [2.75, 3.05) is 5.32 Å². The molecule has 0 radical (unpaired) electrons. The molecule has 2 aromatic rings. The van der Waals surface area contributed by atoms with Crippen LogP contribution in [0, 0.1) is 17.0 Å². The van der Waals surface area contributed by atoms with E-state index < -0.39 is 0 Å². The lowest BCUT2D eigenvalue weighted by Crippen LogP contribution is -2.09. The summed E-state index contributed by atoms with van der Waals surface area (Å²) < 4.78 is 0. The first-order valence-corrected chi connectivity index (χ1v) is 7.54. The highest BCUT2D eigenvalue weighted by molar-refractivity contribution is 7.11. The van der Waals surface area contributed by atoms with Crippen molar-refractivity contribution in [2.24, 2.45) is 0 Å². The number of nitrogens with zero attached hydrogens (tertiary/aromatic N) is 2. The van der Waals surface area contributed by atoms with E-state index in [9.17, 15) is 10.1 Å². The first-order valence-electron chi connectivity index (χ1n) is 6.72. The molecule has 21 heavy (non-hydrogen) atoms. The summed E-state index contributed by atoms with van der Waals surface area (Å²) >= 11 is 1.67. The second kappa shape index (κ2) is 5.81. The van der Waals surface area contributed by atoms with Gasteiger partial charge in [0.15, 0.2) is 0 Å². The number of nitrogens with one attached hydrogen (secondary N) is 1. The largest absolute Gasteiger partial charge is 0.380 e. The molecule has 0 fully saturated rings. The van der Waals surface area contributed by atoms with Gasteiger partial charge in [-0.05, 0) is 13.0 Å². The Hall–Kier alpha value is -1.95.